The third kappa shape index (κ3) is 5.16. The number of carbonyl (C=O) groups is 2. The number of aromatic nitrogens is 1. The van der Waals surface area contributed by atoms with Crippen LogP contribution in [0.5, 0.6) is 5.75 Å². The lowest BCUT2D eigenvalue weighted by molar-refractivity contribution is -0.130. The van der Waals surface area contributed by atoms with Crippen LogP contribution < -0.4 is 4.74 Å². The van der Waals surface area contributed by atoms with Crippen molar-refractivity contribution < 1.29 is 14.3 Å². The quantitative estimate of drug-likeness (QED) is 0.544. The number of hydrogen-bond donors (Lipinski definition) is 0. The molecule has 1 saturated heterocycles. The molecule has 1 aliphatic heterocycles. The molecule has 2 aromatic carbocycles. The summed E-state index contributed by atoms with van der Waals surface area (Å²) >= 11 is 0. The summed E-state index contributed by atoms with van der Waals surface area (Å²) < 4.78 is 5.48. The monoisotopic (exact) mass is 445 g/mol. The lowest BCUT2D eigenvalue weighted by Gasteiger charge is -2.18. The smallest absolute Gasteiger partial charge is 0.254 e. The number of para-hydroxylation sites is 1. The minimum Gasteiger partial charge on any atom is -0.494 e. The van der Waals surface area contributed by atoms with Gasteiger partial charge < -0.3 is 14.5 Å². The van der Waals surface area contributed by atoms with Crippen molar-refractivity contribution in [1.82, 2.24) is 14.8 Å². The van der Waals surface area contributed by atoms with Gasteiger partial charge in [0.05, 0.1) is 17.7 Å². The maximum atomic E-state index is 12.9. The Balaban J connectivity index is 1.44. The predicted octanol–water partition coefficient (Wildman–Crippen LogP) is 4.28. The summed E-state index contributed by atoms with van der Waals surface area (Å²) in [4.78, 5) is 34.0. The molecule has 1 unspecified atom stereocenters. The second-order valence-corrected chi connectivity index (χ2v) is 8.71. The summed E-state index contributed by atoms with van der Waals surface area (Å²) in [7, 11) is 3.52. The molecule has 1 aliphatic rings. The molecule has 2 amide bonds. The van der Waals surface area contributed by atoms with Gasteiger partial charge in [-0.25, -0.2) is 0 Å². The minimum absolute atomic E-state index is 0.0314. The van der Waals surface area contributed by atoms with E-state index in [1.165, 1.54) is 0 Å². The van der Waals surface area contributed by atoms with Crippen LogP contribution in [0.1, 0.15) is 47.3 Å². The predicted molar refractivity (Wildman–Crippen MR) is 130 cm³/mol. The van der Waals surface area contributed by atoms with Crippen molar-refractivity contribution in [1.29, 1.82) is 0 Å². The van der Waals surface area contributed by atoms with Gasteiger partial charge in [0.1, 0.15) is 5.75 Å². The number of nitrogens with zero attached hydrogens (tertiary/aromatic N) is 3. The number of fused-ring (bicyclic) bond motifs is 1. The Morgan fingerprint density at radius 3 is 2.61 bits per heavy atom. The second-order valence-electron chi connectivity index (χ2n) is 8.71. The van der Waals surface area contributed by atoms with Gasteiger partial charge in [0.25, 0.3) is 5.91 Å². The summed E-state index contributed by atoms with van der Waals surface area (Å²) in [6.07, 6.45) is 2.05. The fraction of sp³-hybridized carbons (Fsp3) is 0.370. The van der Waals surface area contributed by atoms with Crippen LogP contribution in [-0.4, -0.2) is 60.4 Å². The van der Waals surface area contributed by atoms with Crippen molar-refractivity contribution in [2.24, 2.45) is 0 Å². The molecule has 2 heterocycles. The fourth-order valence-electron chi connectivity index (χ4n) is 4.38. The molecule has 1 fully saturated rings. The SMILES string of the molecule is CCOc1ccc(CCC(=O)N2CCC(c3cc(C(=O)N(C)C)c4ccccc4n3)C2)cc1. The van der Waals surface area contributed by atoms with Crippen molar-refractivity contribution in [2.45, 2.75) is 32.1 Å². The Labute approximate surface area is 195 Å². The Morgan fingerprint density at radius 1 is 1.12 bits per heavy atom. The highest BCUT2D eigenvalue weighted by molar-refractivity contribution is 6.06. The van der Waals surface area contributed by atoms with E-state index in [9.17, 15) is 9.59 Å². The minimum atomic E-state index is -0.0314. The van der Waals surface area contributed by atoms with E-state index in [4.69, 9.17) is 9.72 Å². The van der Waals surface area contributed by atoms with Gasteiger partial charge in [0.15, 0.2) is 0 Å². The van der Waals surface area contributed by atoms with Gasteiger partial charge in [0.2, 0.25) is 5.91 Å². The van der Waals surface area contributed by atoms with Gasteiger partial charge in [-0.1, -0.05) is 30.3 Å². The lowest BCUT2D eigenvalue weighted by atomic mass is 9.99. The summed E-state index contributed by atoms with van der Waals surface area (Å²) in [5.74, 6) is 1.12. The van der Waals surface area contributed by atoms with Crippen molar-refractivity contribution in [3.8, 4) is 5.75 Å². The van der Waals surface area contributed by atoms with Crippen LogP contribution in [-0.2, 0) is 11.2 Å². The van der Waals surface area contributed by atoms with Gasteiger partial charge in [-0.15, -0.1) is 0 Å². The molecule has 1 atom stereocenters. The van der Waals surface area contributed by atoms with Crippen LogP contribution in [0.15, 0.2) is 54.6 Å². The van der Waals surface area contributed by atoms with E-state index in [1.54, 1.807) is 19.0 Å². The average molecular weight is 446 g/mol. The molecule has 0 aliphatic carbocycles. The molecule has 4 rings (SSSR count). The molecule has 0 saturated carbocycles. The van der Waals surface area contributed by atoms with Gasteiger partial charge in [-0.3, -0.25) is 14.6 Å². The number of benzene rings is 2. The highest BCUT2D eigenvalue weighted by atomic mass is 16.5. The molecule has 0 spiro atoms. The Kier molecular flexibility index (Phi) is 6.92. The average Bonchev–Trinajstić information content (AvgIpc) is 3.33. The number of hydrogen-bond acceptors (Lipinski definition) is 4. The van der Waals surface area contributed by atoms with Gasteiger partial charge >= 0.3 is 0 Å². The molecule has 0 radical (unpaired) electrons. The van der Waals surface area contributed by atoms with Gasteiger partial charge in [0, 0.05) is 50.6 Å². The number of pyridine rings is 1. The summed E-state index contributed by atoms with van der Waals surface area (Å²) in [5, 5.41) is 0.862. The number of amides is 2. The summed E-state index contributed by atoms with van der Waals surface area (Å²) in [6, 6.07) is 17.6. The first-order valence-electron chi connectivity index (χ1n) is 11.6. The van der Waals surface area contributed by atoms with E-state index in [2.05, 4.69) is 0 Å². The Morgan fingerprint density at radius 2 is 1.88 bits per heavy atom. The van der Waals surface area contributed by atoms with Crippen LogP contribution in [0.25, 0.3) is 10.9 Å². The van der Waals surface area contributed by atoms with E-state index in [0.717, 1.165) is 40.9 Å². The van der Waals surface area contributed by atoms with Crippen molar-refractivity contribution in [3.05, 3.63) is 71.4 Å². The second kappa shape index (κ2) is 10.0. The van der Waals surface area contributed by atoms with E-state index in [0.29, 0.717) is 31.6 Å². The molecular weight excluding hydrogens is 414 g/mol. The molecule has 6 nitrogen and oxygen atoms in total. The Hall–Kier alpha value is -3.41. The largest absolute Gasteiger partial charge is 0.494 e. The summed E-state index contributed by atoms with van der Waals surface area (Å²) in [5.41, 5.74) is 3.51. The standard InChI is InChI=1S/C27H31N3O3/c1-4-33-21-12-9-19(10-13-21)11-14-26(31)30-16-15-20(18-30)25-17-23(27(32)29(2)3)22-7-5-6-8-24(22)28-25/h5-10,12-13,17,20H,4,11,14-16,18H2,1-3H3. The highest BCUT2D eigenvalue weighted by Crippen LogP contribution is 2.30. The number of rotatable bonds is 7. The third-order valence-electron chi connectivity index (χ3n) is 6.19. The van der Waals surface area contributed by atoms with E-state index < -0.39 is 0 Å². The van der Waals surface area contributed by atoms with Crippen molar-refractivity contribution in [3.63, 3.8) is 0 Å². The number of carbonyl (C=O) groups excluding carboxylic acids is 2. The lowest BCUT2D eigenvalue weighted by Crippen LogP contribution is -2.28. The zero-order valence-corrected chi connectivity index (χ0v) is 19.6. The van der Waals surface area contributed by atoms with E-state index in [1.807, 2.05) is 66.4 Å². The van der Waals surface area contributed by atoms with E-state index in [-0.39, 0.29) is 17.7 Å². The maximum Gasteiger partial charge on any atom is 0.254 e. The molecule has 1 aromatic heterocycles. The van der Waals surface area contributed by atoms with Crippen LogP contribution in [0, 0.1) is 0 Å². The number of ether oxygens (including phenoxy) is 1. The molecule has 3 aromatic rings. The van der Waals surface area contributed by atoms with Gasteiger partial charge in [-0.05, 0) is 49.6 Å². The van der Waals surface area contributed by atoms with E-state index >= 15 is 0 Å². The maximum absolute atomic E-state index is 12.9. The van der Waals surface area contributed by atoms with Crippen LogP contribution >= 0.6 is 0 Å². The number of aryl methyl sites for hydroxylation is 1. The van der Waals surface area contributed by atoms with Gasteiger partial charge in [-0.2, -0.15) is 0 Å². The topological polar surface area (TPSA) is 62.7 Å². The highest BCUT2D eigenvalue weighted by Gasteiger charge is 2.29. The van der Waals surface area contributed by atoms with Crippen LogP contribution in [0.2, 0.25) is 0 Å². The molecule has 172 valence electrons. The zero-order chi connectivity index (χ0) is 23.4. The molecule has 0 bridgehead atoms. The van der Waals surface area contributed by atoms with Crippen molar-refractivity contribution >= 4 is 22.7 Å². The fourth-order valence-corrected chi connectivity index (χ4v) is 4.38. The van der Waals surface area contributed by atoms with Crippen LogP contribution in [0.3, 0.4) is 0 Å². The first kappa shape index (κ1) is 22.8. The van der Waals surface area contributed by atoms with Crippen molar-refractivity contribution in [2.75, 3.05) is 33.8 Å². The molecular formula is C27H31N3O3. The van der Waals surface area contributed by atoms with Crippen LogP contribution in [0.4, 0.5) is 0 Å². The third-order valence-corrected chi connectivity index (χ3v) is 6.19. The summed E-state index contributed by atoms with van der Waals surface area (Å²) in [6.45, 7) is 3.97. The molecule has 33 heavy (non-hydrogen) atoms. The number of likely N-dealkylation sites (tertiary alicyclic amines) is 1. The molecule has 0 N–H and O–H groups in total. The normalized spacial score (nSPS) is 15.6. The first-order chi connectivity index (χ1) is 16.0. The molecule has 6 heteroatoms. The first-order valence-corrected chi connectivity index (χ1v) is 11.6. The zero-order valence-electron chi connectivity index (χ0n) is 19.6. The Bertz CT molecular complexity index is 1140.